The first-order valence-electron chi connectivity index (χ1n) is 18.7. The summed E-state index contributed by atoms with van der Waals surface area (Å²) in [6.07, 6.45) is 0. The zero-order valence-electron chi connectivity index (χ0n) is 29.4. The van der Waals surface area contributed by atoms with Gasteiger partial charge in [0.1, 0.15) is 0 Å². The normalized spacial score (nSPS) is 12.1. The summed E-state index contributed by atoms with van der Waals surface area (Å²) in [5.41, 5.74) is 12.1. The molecule has 0 spiro atoms. The summed E-state index contributed by atoms with van der Waals surface area (Å²) < 4.78 is 4.96. The number of hydrogen-bond acceptors (Lipinski definition) is 0. The molecule has 0 saturated carbocycles. The van der Waals surface area contributed by atoms with Gasteiger partial charge in [0.25, 0.3) is 0 Å². The van der Waals surface area contributed by atoms with Crippen molar-refractivity contribution in [3.63, 3.8) is 0 Å². The molecule has 0 N–H and O–H groups in total. The fourth-order valence-corrected chi connectivity index (χ4v) is 9.42. The van der Waals surface area contributed by atoms with E-state index in [0.29, 0.717) is 0 Å². The van der Waals surface area contributed by atoms with Crippen LogP contribution >= 0.6 is 0 Å². The van der Waals surface area contributed by atoms with Gasteiger partial charge in [-0.05, 0) is 91.5 Å². The Labute approximate surface area is 311 Å². The Morgan fingerprint density at radius 1 is 0.278 bits per heavy atom. The first-order chi connectivity index (χ1) is 26.8. The molecule has 12 aromatic rings. The maximum absolute atomic E-state index is 2.50. The second kappa shape index (κ2) is 11.2. The molecule has 0 aliphatic heterocycles. The van der Waals surface area contributed by atoms with Crippen molar-refractivity contribution in [3.8, 4) is 33.6 Å². The van der Waals surface area contributed by atoms with Gasteiger partial charge >= 0.3 is 0 Å². The average molecular weight is 685 g/mol. The highest BCUT2D eigenvalue weighted by Gasteiger charge is 2.25. The molecule has 0 bridgehead atoms. The van der Waals surface area contributed by atoms with E-state index in [2.05, 4.69) is 203 Å². The van der Waals surface area contributed by atoms with Crippen molar-refractivity contribution in [3.05, 3.63) is 194 Å². The van der Waals surface area contributed by atoms with Gasteiger partial charge in [0.15, 0.2) is 0 Å². The molecule has 2 aromatic heterocycles. The molecular weight excluding hydrogens is 653 g/mol. The van der Waals surface area contributed by atoms with Crippen LogP contribution in [0.1, 0.15) is 0 Å². The number of benzene rings is 10. The molecule has 0 saturated heterocycles. The van der Waals surface area contributed by atoms with Gasteiger partial charge in [0, 0.05) is 38.5 Å². The first-order valence-corrected chi connectivity index (χ1v) is 18.7. The van der Waals surface area contributed by atoms with Crippen LogP contribution in [0.4, 0.5) is 0 Å². The summed E-state index contributed by atoms with van der Waals surface area (Å²) in [6, 6.07) is 71.4. The third-order valence-electron chi connectivity index (χ3n) is 11.6. The lowest BCUT2D eigenvalue weighted by Crippen LogP contribution is -1.97. The molecule has 2 heterocycles. The van der Waals surface area contributed by atoms with Gasteiger partial charge in [-0.15, -0.1) is 0 Å². The molecule has 54 heavy (non-hydrogen) atoms. The Morgan fingerprint density at radius 3 is 1.41 bits per heavy atom. The Balaban J connectivity index is 1.30. The van der Waals surface area contributed by atoms with E-state index in [0.717, 1.165) is 11.4 Å². The quantitative estimate of drug-likeness (QED) is 0.163. The third-order valence-corrected chi connectivity index (χ3v) is 11.6. The molecule has 12 rings (SSSR count). The van der Waals surface area contributed by atoms with Crippen molar-refractivity contribution in [2.24, 2.45) is 0 Å². The molecule has 2 nitrogen and oxygen atoms in total. The van der Waals surface area contributed by atoms with E-state index in [9.17, 15) is 0 Å². The molecule has 10 aromatic carbocycles. The predicted octanol–water partition coefficient (Wildman–Crippen LogP) is 14.1. The summed E-state index contributed by atoms with van der Waals surface area (Å²) in [6.45, 7) is 0. The van der Waals surface area contributed by atoms with Gasteiger partial charge in [-0.25, -0.2) is 0 Å². The van der Waals surface area contributed by atoms with Crippen LogP contribution in [-0.2, 0) is 0 Å². The van der Waals surface area contributed by atoms with E-state index in [4.69, 9.17) is 0 Å². The molecule has 250 valence electrons. The molecule has 0 amide bonds. The third kappa shape index (κ3) is 4.00. The molecule has 0 radical (unpaired) electrons. The number of fused-ring (bicyclic) bond motifs is 7. The van der Waals surface area contributed by atoms with Crippen LogP contribution in [0.25, 0.3) is 110 Å². The number of hydrogen-bond donors (Lipinski definition) is 0. The average Bonchev–Trinajstić information content (AvgIpc) is 3.76. The first kappa shape index (κ1) is 29.4. The van der Waals surface area contributed by atoms with Crippen LogP contribution in [0, 0.1) is 0 Å². The maximum Gasteiger partial charge on any atom is 0.0627 e. The standard InChI is InChI=1S/C52H32N2/c1-4-14-33(15-5-1)38-28-24-34-27-31-41-39(29-25-35-26-30-40(38)48(34)49(35)41)44-32-47-50(42-20-10-12-22-45(42)53(47)36-16-6-2-7-17-36)51-43-21-11-13-23-46(43)54(52(44)51)37-18-8-3-9-19-37/h1-32H. The lowest BCUT2D eigenvalue weighted by Gasteiger charge is -2.18. The minimum atomic E-state index is 1.15. The Hall–Kier alpha value is -7.16. The van der Waals surface area contributed by atoms with E-state index in [1.165, 1.54) is 98.2 Å². The van der Waals surface area contributed by atoms with Crippen molar-refractivity contribution in [2.75, 3.05) is 0 Å². The van der Waals surface area contributed by atoms with E-state index in [1.54, 1.807) is 0 Å². The Kier molecular flexibility index (Phi) is 6.09. The molecule has 2 heteroatoms. The molecule has 0 aliphatic carbocycles. The van der Waals surface area contributed by atoms with Crippen molar-refractivity contribution < 1.29 is 0 Å². The van der Waals surface area contributed by atoms with Gasteiger partial charge in [-0.1, -0.05) is 152 Å². The van der Waals surface area contributed by atoms with Crippen molar-refractivity contribution >= 4 is 75.9 Å². The summed E-state index contributed by atoms with van der Waals surface area (Å²) in [5, 5.41) is 12.8. The zero-order valence-corrected chi connectivity index (χ0v) is 29.4. The Morgan fingerprint density at radius 2 is 0.759 bits per heavy atom. The topological polar surface area (TPSA) is 9.86 Å². The fraction of sp³-hybridized carbons (Fsp3) is 0. The Bertz CT molecular complexity index is 3410. The summed E-state index contributed by atoms with van der Waals surface area (Å²) in [5.74, 6) is 0. The highest BCUT2D eigenvalue weighted by atomic mass is 15.0. The van der Waals surface area contributed by atoms with E-state index in [1.807, 2.05) is 0 Å². The van der Waals surface area contributed by atoms with Gasteiger partial charge < -0.3 is 9.13 Å². The lowest BCUT2D eigenvalue weighted by molar-refractivity contribution is 1.17. The zero-order chi connectivity index (χ0) is 35.3. The molecular formula is C52H32N2. The minimum Gasteiger partial charge on any atom is -0.309 e. The summed E-state index contributed by atoms with van der Waals surface area (Å²) in [4.78, 5) is 0. The molecule has 0 atom stereocenters. The predicted molar refractivity (Wildman–Crippen MR) is 230 cm³/mol. The van der Waals surface area contributed by atoms with Crippen LogP contribution in [-0.4, -0.2) is 9.13 Å². The second-order valence-electron chi connectivity index (χ2n) is 14.4. The second-order valence-corrected chi connectivity index (χ2v) is 14.4. The monoisotopic (exact) mass is 684 g/mol. The molecule has 0 fully saturated rings. The number of para-hydroxylation sites is 4. The fourth-order valence-electron chi connectivity index (χ4n) is 9.42. The smallest absolute Gasteiger partial charge is 0.0627 e. The number of rotatable bonds is 4. The summed E-state index contributed by atoms with van der Waals surface area (Å²) >= 11 is 0. The van der Waals surface area contributed by atoms with Crippen LogP contribution in [0.15, 0.2) is 194 Å². The van der Waals surface area contributed by atoms with Gasteiger partial charge in [-0.2, -0.15) is 0 Å². The highest BCUT2D eigenvalue weighted by molar-refractivity contribution is 6.33. The number of nitrogens with zero attached hydrogens (tertiary/aromatic N) is 2. The lowest BCUT2D eigenvalue weighted by atomic mass is 9.86. The van der Waals surface area contributed by atoms with Gasteiger partial charge in [-0.3, -0.25) is 0 Å². The van der Waals surface area contributed by atoms with E-state index >= 15 is 0 Å². The van der Waals surface area contributed by atoms with Crippen LogP contribution in [0.5, 0.6) is 0 Å². The van der Waals surface area contributed by atoms with Gasteiger partial charge in [0.05, 0.1) is 22.1 Å². The SMILES string of the molecule is c1ccc(-c2ccc3ccc4c(-c5cc6c(c7ccccc7n6-c6ccccc6)c6c7ccccc7n(-c7ccccc7)c56)ccc5ccc2c3c54)cc1. The largest absolute Gasteiger partial charge is 0.309 e. The van der Waals surface area contributed by atoms with Crippen LogP contribution in [0.2, 0.25) is 0 Å². The van der Waals surface area contributed by atoms with Crippen molar-refractivity contribution in [2.45, 2.75) is 0 Å². The van der Waals surface area contributed by atoms with E-state index < -0.39 is 0 Å². The van der Waals surface area contributed by atoms with Crippen molar-refractivity contribution in [1.29, 1.82) is 0 Å². The molecule has 0 unspecified atom stereocenters. The van der Waals surface area contributed by atoms with Crippen LogP contribution in [0.3, 0.4) is 0 Å². The van der Waals surface area contributed by atoms with Gasteiger partial charge in [0.2, 0.25) is 0 Å². The van der Waals surface area contributed by atoms with Crippen molar-refractivity contribution in [1.82, 2.24) is 9.13 Å². The van der Waals surface area contributed by atoms with E-state index in [-0.39, 0.29) is 0 Å². The number of aromatic nitrogens is 2. The van der Waals surface area contributed by atoms with Crippen LogP contribution < -0.4 is 0 Å². The maximum atomic E-state index is 2.50. The molecule has 0 aliphatic rings. The minimum absolute atomic E-state index is 1.15. The highest BCUT2D eigenvalue weighted by Crippen LogP contribution is 2.49. The summed E-state index contributed by atoms with van der Waals surface area (Å²) in [7, 11) is 0.